The first kappa shape index (κ1) is 23.6. The number of nitrogens with zero attached hydrogens (tertiary/aromatic N) is 5. The quantitative estimate of drug-likeness (QED) is 0.512. The molecule has 8 nitrogen and oxygen atoms in total. The average molecular weight is 494 g/mol. The normalized spacial score (nSPS) is 17.4. The number of hydrogen-bond donors (Lipinski definition) is 0. The predicted octanol–water partition coefficient (Wildman–Crippen LogP) is 4.08. The molecule has 0 saturated carbocycles. The maximum atomic E-state index is 13.2. The van der Waals surface area contributed by atoms with Crippen molar-refractivity contribution < 1.29 is 13.2 Å². The van der Waals surface area contributed by atoms with Crippen molar-refractivity contribution in [3.05, 3.63) is 66.4 Å². The summed E-state index contributed by atoms with van der Waals surface area (Å²) in [6, 6.07) is 18.1. The number of piperidine rings is 1. The van der Waals surface area contributed by atoms with Gasteiger partial charge >= 0.3 is 0 Å². The van der Waals surface area contributed by atoms with E-state index in [0.717, 1.165) is 24.6 Å². The maximum absolute atomic E-state index is 13.2. The Morgan fingerprint density at radius 1 is 0.743 bits per heavy atom. The van der Waals surface area contributed by atoms with Crippen LogP contribution in [-0.2, 0) is 10.0 Å². The lowest BCUT2D eigenvalue weighted by molar-refractivity contribution is 0.382. The summed E-state index contributed by atoms with van der Waals surface area (Å²) in [6.07, 6.45) is 3.65. The van der Waals surface area contributed by atoms with Crippen LogP contribution in [0.1, 0.15) is 25.0 Å². The average Bonchev–Trinajstić information content (AvgIpc) is 2.90. The predicted molar refractivity (Wildman–Crippen MR) is 137 cm³/mol. The molecule has 0 aliphatic carbocycles. The van der Waals surface area contributed by atoms with Gasteiger partial charge in [0.2, 0.25) is 16.0 Å². The van der Waals surface area contributed by atoms with Crippen LogP contribution in [0.15, 0.2) is 65.6 Å². The molecule has 5 rings (SSSR count). The molecule has 1 aromatic heterocycles. The minimum atomic E-state index is -3.59. The second-order valence-electron chi connectivity index (χ2n) is 8.99. The molecule has 184 valence electrons. The highest BCUT2D eigenvalue weighted by Gasteiger charge is 2.30. The van der Waals surface area contributed by atoms with Gasteiger partial charge in [-0.3, -0.25) is 0 Å². The lowest BCUT2D eigenvalue weighted by Gasteiger charge is -2.35. The van der Waals surface area contributed by atoms with E-state index in [2.05, 4.69) is 14.8 Å². The number of anilines is 2. The zero-order valence-corrected chi connectivity index (χ0v) is 20.8. The van der Waals surface area contributed by atoms with Crippen molar-refractivity contribution in [3.8, 4) is 11.5 Å². The van der Waals surface area contributed by atoms with Gasteiger partial charge in [-0.1, -0.05) is 18.2 Å². The van der Waals surface area contributed by atoms with Crippen molar-refractivity contribution in [1.82, 2.24) is 14.3 Å². The standard InChI is InChI=1S/C26H31N5O3S/c1-21-20-25(29-14-6-3-7-15-29)28-26(27-21)30-16-18-31(19-17-30)35(32,33)24-12-10-23(11-13-24)34-22-8-4-2-5-9-22/h2,4-5,8-13,20H,3,6-7,14-19H2,1H3. The van der Waals surface area contributed by atoms with Crippen LogP contribution in [0.25, 0.3) is 0 Å². The summed E-state index contributed by atoms with van der Waals surface area (Å²) >= 11 is 0. The SMILES string of the molecule is Cc1cc(N2CCCCC2)nc(N2CCN(S(=O)(=O)c3ccc(Oc4ccccc4)cc3)CC2)n1. The molecule has 2 saturated heterocycles. The number of rotatable bonds is 6. The molecular weight excluding hydrogens is 462 g/mol. The first-order valence-electron chi connectivity index (χ1n) is 12.2. The fourth-order valence-corrected chi connectivity index (χ4v) is 5.97. The molecule has 35 heavy (non-hydrogen) atoms. The summed E-state index contributed by atoms with van der Waals surface area (Å²) in [5, 5.41) is 0. The van der Waals surface area contributed by atoms with Crippen LogP contribution in [0, 0.1) is 6.92 Å². The highest BCUT2D eigenvalue weighted by molar-refractivity contribution is 7.89. The number of aryl methyl sites for hydroxylation is 1. The third-order valence-corrected chi connectivity index (χ3v) is 8.38. The van der Waals surface area contributed by atoms with E-state index < -0.39 is 10.0 Å². The van der Waals surface area contributed by atoms with Crippen LogP contribution >= 0.6 is 0 Å². The highest BCUT2D eigenvalue weighted by Crippen LogP contribution is 2.26. The zero-order chi connectivity index (χ0) is 24.3. The summed E-state index contributed by atoms with van der Waals surface area (Å²) in [6.45, 7) is 5.93. The van der Waals surface area contributed by atoms with Crippen molar-refractivity contribution in [2.75, 3.05) is 49.1 Å². The molecule has 3 heterocycles. The summed E-state index contributed by atoms with van der Waals surface area (Å²) in [5.41, 5.74) is 0.934. The molecule has 2 aliphatic rings. The smallest absolute Gasteiger partial charge is 0.243 e. The molecule has 0 spiro atoms. The van der Waals surface area contributed by atoms with E-state index in [1.807, 2.05) is 43.3 Å². The zero-order valence-electron chi connectivity index (χ0n) is 20.0. The third-order valence-electron chi connectivity index (χ3n) is 6.47. The van der Waals surface area contributed by atoms with Gasteiger partial charge in [-0.2, -0.15) is 9.29 Å². The topological polar surface area (TPSA) is 78.9 Å². The van der Waals surface area contributed by atoms with Crippen LogP contribution in [-0.4, -0.2) is 62.0 Å². The van der Waals surface area contributed by atoms with Crippen molar-refractivity contribution in [2.24, 2.45) is 0 Å². The summed E-state index contributed by atoms with van der Waals surface area (Å²) in [5.74, 6) is 2.97. The molecule has 0 N–H and O–H groups in total. The van der Waals surface area contributed by atoms with E-state index in [1.165, 1.54) is 23.6 Å². The molecular formula is C26H31N5O3S. The monoisotopic (exact) mass is 493 g/mol. The molecule has 3 aromatic rings. The van der Waals surface area contributed by atoms with E-state index in [-0.39, 0.29) is 4.90 Å². The molecule has 0 radical (unpaired) electrons. The van der Waals surface area contributed by atoms with Crippen molar-refractivity contribution >= 4 is 21.8 Å². The third kappa shape index (κ3) is 5.41. The fourth-order valence-electron chi connectivity index (χ4n) is 4.54. The second-order valence-corrected chi connectivity index (χ2v) is 10.9. The van der Waals surface area contributed by atoms with E-state index in [4.69, 9.17) is 9.72 Å². The minimum absolute atomic E-state index is 0.269. The Hall–Kier alpha value is -3.17. The molecule has 2 aromatic carbocycles. The molecule has 0 bridgehead atoms. The molecule has 0 atom stereocenters. The highest BCUT2D eigenvalue weighted by atomic mass is 32.2. The van der Waals surface area contributed by atoms with Gasteiger partial charge in [-0.15, -0.1) is 0 Å². The Bertz CT molecular complexity index is 1240. The first-order valence-corrected chi connectivity index (χ1v) is 13.6. The van der Waals surface area contributed by atoms with E-state index >= 15 is 0 Å². The summed E-state index contributed by atoms with van der Waals surface area (Å²) in [4.78, 5) is 14.2. The van der Waals surface area contributed by atoms with E-state index in [0.29, 0.717) is 43.6 Å². The number of benzene rings is 2. The Labute approximate surface area is 207 Å². The van der Waals surface area contributed by atoms with Crippen LogP contribution in [0.3, 0.4) is 0 Å². The van der Waals surface area contributed by atoms with Gasteiger partial charge in [-0.25, -0.2) is 13.4 Å². The van der Waals surface area contributed by atoms with Gasteiger partial charge in [0.1, 0.15) is 17.3 Å². The van der Waals surface area contributed by atoms with E-state index in [1.54, 1.807) is 24.3 Å². The second kappa shape index (κ2) is 10.2. The maximum Gasteiger partial charge on any atom is 0.243 e. The Kier molecular flexibility index (Phi) is 6.88. The van der Waals surface area contributed by atoms with Crippen LogP contribution in [0.4, 0.5) is 11.8 Å². The fraction of sp³-hybridized carbons (Fsp3) is 0.385. The molecule has 0 amide bonds. The Morgan fingerprint density at radius 3 is 2.09 bits per heavy atom. The molecule has 9 heteroatoms. The van der Waals surface area contributed by atoms with E-state index in [9.17, 15) is 8.42 Å². The van der Waals surface area contributed by atoms with Gasteiger partial charge in [0, 0.05) is 51.0 Å². The number of hydrogen-bond acceptors (Lipinski definition) is 7. The van der Waals surface area contributed by atoms with Crippen molar-refractivity contribution in [3.63, 3.8) is 0 Å². The number of piperazine rings is 1. The number of ether oxygens (including phenoxy) is 1. The van der Waals surface area contributed by atoms with Crippen LogP contribution in [0.2, 0.25) is 0 Å². The first-order chi connectivity index (χ1) is 17.0. The lowest BCUT2D eigenvalue weighted by atomic mass is 10.1. The van der Waals surface area contributed by atoms with Gasteiger partial charge in [-0.05, 0) is 62.6 Å². The largest absolute Gasteiger partial charge is 0.457 e. The van der Waals surface area contributed by atoms with Gasteiger partial charge in [0.05, 0.1) is 4.90 Å². The van der Waals surface area contributed by atoms with Crippen LogP contribution < -0.4 is 14.5 Å². The van der Waals surface area contributed by atoms with Gasteiger partial charge in [0.25, 0.3) is 0 Å². The lowest BCUT2D eigenvalue weighted by Crippen LogP contribution is -2.49. The molecule has 0 unspecified atom stereocenters. The number of sulfonamides is 1. The number of aromatic nitrogens is 2. The van der Waals surface area contributed by atoms with Gasteiger partial charge in [0.15, 0.2) is 0 Å². The number of para-hydroxylation sites is 1. The van der Waals surface area contributed by atoms with Crippen LogP contribution in [0.5, 0.6) is 11.5 Å². The van der Waals surface area contributed by atoms with Crippen molar-refractivity contribution in [1.29, 1.82) is 0 Å². The molecule has 2 aliphatic heterocycles. The summed E-state index contributed by atoms with van der Waals surface area (Å²) in [7, 11) is -3.59. The van der Waals surface area contributed by atoms with Crippen molar-refractivity contribution in [2.45, 2.75) is 31.1 Å². The molecule has 2 fully saturated rings. The van der Waals surface area contributed by atoms with Gasteiger partial charge < -0.3 is 14.5 Å². The minimum Gasteiger partial charge on any atom is -0.457 e. The Morgan fingerprint density at radius 2 is 1.40 bits per heavy atom. The summed E-state index contributed by atoms with van der Waals surface area (Å²) < 4.78 is 33.8. The Balaban J connectivity index is 1.24.